The van der Waals surface area contributed by atoms with E-state index in [1.807, 2.05) is 37.3 Å². The average molecular weight is 494 g/mol. The minimum absolute atomic E-state index is 0.0314. The van der Waals surface area contributed by atoms with Crippen LogP contribution in [-0.2, 0) is 14.9 Å². The maximum absolute atomic E-state index is 12.9. The molecule has 0 bridgehead atoms. The number of phenolic OH excluding ortho intramolecular Hbond substituents is 1. The maximum atomic E-state index is 12.9. The smallest absolute Gasteiger partial charge is 0.270 e. The zero-order valence-corrected chi connectivity index (χ0v) is 19.8. The van der Waals surface area contributed by atoms with Crippen LogP contribution in [-0.4, -0.2) is 31.6 Å². The van der Waals surface area contributed by atoms with Crippen molar-refractivity contribution in [2.45, 2.75) is 31.2 Å². The van der Waals surface area contributed by atoms with Gasteiger partial charge >= 0.3 is 0 Å². The number of nitrogens with one attached hydrogen (secondary N) is 2. The molecule has 3 aromatic carbocycles. The molecule has 3 aromatic rings. The van der Waals surface area contributed by atoms with Crippen LogP contribution in [0.15, 0.2) is 56.9 Å². The molecular weight excluding hydrogens is 470 g/mol. The van der Waals surface area contributed by atoms with Crippen LogP contribution in [0.3, 0.4) is 0 Å². The van der Waals surface area contributed by atoms with Crippen LogP contribution in [0.5, 0.6) is 5.75 Å². The molecule has 176 valence electrons. The lowest BCUT2D eigenvalue weighted by molar-refractivity contribution is -0.0443. The number of phenols is 1. The van der Waals surface area contributed by atoms with E-state index in [9.17, 15) is 23.1 Å². The van der Waals surface area contributed by atoms with E-state index in [1.54, 1.807) is 6.92 Å². The summed E-state index contributed by atoms with van der Waals surface area (Å²) in [5.74, 6) is -0.702. The van der Waals surface area contributed by atoms with E-state index < -0.39 is 31.5 Å². The Bertz CT molecular complexity index is 1320. The number of aromatic hydroxyl groups is 1. The van der Waals surface area contributed by atoms with Gasteiger partial charge in [-0.05, 0) is 31.0 Å². The highest BCUT2D eigenvalue weighted by Crippen LogP contribution is 2.40. The van der Waals surface area contributed by atoms with E-state index in [0.717, 1.165) is 5.56 Å². The molecule has 0 fully saturated rings. The van der Waals surface area contributed by atoms with Crippen LogP contribution in [0.25, 0.3) is 0 Å². The van der Waals surface area contributed by atoms with Crippen LogP contribution in [0.4, 0.5) is 17.1 Å². The Morgan fingerprint density at radius 3 is 2.27 bits per heavy atom. The van der Waals surface area contributed by atoms with E-state index in [-0.39, 0.29) is 34.7 Å². The van der Waals surface area contributed by atoms with Gasteiger partial charge in [0.2, 0.25) is 0 Å². The van der Waals surface area contributed by atoms with E-state index in [2.05, 4.69) is 10.6 Å². The number of hydrogen-bond donors (Lipinski definition) is 3. The summed E-state index contributed by atoms with van der Waals surface area (Å²) in [5, 5.41) is 16.2. The molecular formula is C22H24ClN3O6S. The van der Waals surface area contributed by atoms with Gasteiger partial charge in [-0.2, -0.15) is 0 Å². The van der Waals surface area contributed by atoms with Gasteiger partial charge in [0.1, 0.15) is 16.3 Å². The van der Waals surface area contributed by atoms with Crippen molar-refractivity contribution in [2.24, 2.45) is 0 Å². The SMILES string of the molecule is CCC(Nc1c(Nc2ccc(Cl)c(S(=O)(=O)N(CC)OC)c2O)c(=O)c1=O)c1ccccc1. The Balaban J connectivity index is 1.99. The summed E-state index contributed by atoms with van der Waals surface area (Å²) in [6.07, 6.45) is 0.640. The minimum atomic E-state index is -4.30. The number of hydrogen-bond acceptors (Lipinski definition) is 8. The Morgan fingerprint density at radius 1 is 1.06 bits per heavy atom. The number of rotatable bonds is 10. The van der Waals surface area contributed by atoms with Crippen molar-refractivity contribution in [3.63, 3.8) is 0 Å². The van der Waals surface area contributed by atoms with Gasteiger partial charge in [0.15, 0.2) is 5.75 Å². The number of nitrogens with zero attached hydrogens (tertiary/aromatic N) is 1. The van der Waals surface area contributed by atoms with Crippen LogP contribution in [0, 0.1) is 0 Å². The Labute approximate surface area is 196 Å². The second kappa shape index (κ2) is 9.92. The standard InChI is InChI=1S/C22H24ClN3O6S/c1-4-15(13-9-7-6-8-10-13)24-17-18(21(29)20(17)28)25-16-12-11-14(23)22(19(16)27)33(30,31)26(5-2)32-3/h6-12,15,24-25,27H,4-5H2,1-3H3. The summed E-state index contributed by atoms with van der Waals surface area (Å²) in [4.78, 5) is 28.8. The first kappa shape index (κ1) is 24.7. The Morgan fingerprint density at radius 2 is 1.70 bits per heavy atom. The van der Waals surface area contributed by atoms with Gasteiger partial charge in [-0.3, -0.25) is 14.4 Å². The van der Waals surface area contributed by atoms with Crippen molar-refractivity contribution >= 4 is 38.7 Å². The molecule has 3 rings (SSSR count). The summed E-state index contributed by atoms with van der Waals surface area (Å²) < 4.78 is 26.4. The fraction of sp³-hybridized carbons (Fsp3) is 0.273. The van der Waals surface area contributed by atoms with Crippen molar-refractivity contribution < 1.29 is 18.4 Å². The first-order chi connectivity index (χ1) is 15.7. The molecule has 0 spiro atoms. The monoisotopic (exact) mass is 493 g/mol. The molecule has 11 heteroatoms. The Kier molecular flexibility index (Phi) is 7.43. The quantitative estimate of drug-likeness (QED) is 0.222. The fourth-order valence-electron chi connectivity index (χ4n) is 3.46. The van der Waals surface area contributed by atoms with Crippen LogP contribution in [0.2, 0.25) is 5.02 Å². The summed E-state index contributed by atoms with van der Waals surface area (Å²) in [6, 6.07) is 11.8. The second-order valence-electron chi connectivity index (χ2n) is 7.13. The van der Waals surface area contributed by atoms with E-state index in [1.165, 1.54) is 19.2 Å². The van der Waals surface area contributed by atoms with Gasteiger partial charge in [-0.1, -0.05) is 53.3 Å². The summed E-state index contributed by atoms with van der Waals surface area (Å²) in [7, 11) is -3.13. The predicted octanol–water partition coefficient (Wildman–Crippen LogP) is 3.52. The predicted molar refractivity (Wildman–Crippen MR) is 127 cm³/mol. The van der Waals surface area contributed by atoms with E-state index in [4.69, 9.17) is 16.4 Å². The fourth-order valence-corrected chi connectivity index (χ4v) is 5.31. The summed E-state index contributed by atoms with van der Waals surface area (Å²) in [6.45, 7) is 3.45. The number of hydroxylamine groups is 1. The highest BCUT2D eigenvalue weighted by Gasteiger charge is 2.32. The molecule has 0 aliphatic carbocycles. The lowest BCUT2D eigenvalue weighted by Gasteiger charge is -2.23. The van der Waals surface area contributed by atoms with Gasteiger partial charge in [0, 0.05) is 6.54 Å². The van der Waals surface area contributed by atoms with Gasteiger partial charge in [0.25, 0.3) is 20.9 Å². The van der Waals surface area contributed by atoms with Crippen LogP contribution >= 0.6 is 11.6 Å². The second-order valence-corrected chi connectivity index (χ2v) is 9.30. The highest BCUT2D eigenvalue weighted by molar-refractivity contribution is 7.89. The molecule has 0 heterocycles. The largest absolute Gasteiger partial charge is 0.504 e. The normalized spacial score (nSPS) is 12.8. The zero-order chi connectivity index (χ0) is 24.3. The van der Waals surface area contributed by atoms with E-state index in [0.29, 0.717) is 10.9 Å². The number of sulfonamides is 1. The average Bonchev–Trinajstić information content (AvgIpc) is 2.80. The van der Waals surface area contributed by atoms with Gasteiger partial charge in [-0.25, -0.2) is 8.42 Å². The highest BCUT2D eigenvalue weighted by atomic mass is 35.5. The molecule has 0 amide bonds. The first-order valence-electron chi connectivity index (χ1n) is 10.2. The lowest BCUT2D eigenvalue weighted by Crippen LogP contribution is -2.37. The van der Waals surface area contributed by atoms with Crippen molar-refractivity contribution in [3.8, 4) is 5.75 Å². The number of anilines is 3. The summed E-state index contributed by atoms with van der Waals surface area (Å²) >= 11 is 6.07. The molecule has 0 saturated heterocycles. The zero-order valence-electron chi connectivity index (χ0n) is 18.3. The lowest BCUT2D eigenvalue weighted by atomic mass is 10.0. The third-order valence-corrected chi connectivity index (χ3v) is 7.47. The number of benzene rings is 2. The third kappa shape index (κ3) is 4.60. The molecule has 3 N–H and O–H groups in total. The van der Waals surface area contributed by atoms with Crippen molar-refractivity contribution in [3.05, 3.63) is 73.5 Å². The molecule has 0 aliphatic rings. The third-order valence-electron chi connectivity index (χ3n) is 5.17. The minimum Gasteiger partial charge on any atom is -0.504 e. The van der Waals surface area contributed by atoms with Crippen molar-refractivity contribution in [1.82, 2.24) is 4.47 Å². The molecule has 0 radical (unpaired) electrons. The molecule has 0 saturated carbocycles. The topological polar surface area (TPSA) is 125 Å². The molecule has 9 nitrogen and oxygen atoms in total. The Hall–Kier alpha value is -2.92. The van der Waals surface area contributed by atoms with E-state index >= 15 is 0 Å². The van der Waals surface area contributed by atoms with Crippen molar-refractivity contribution in [2.75, 3.05) is 24.3 Å². The molecule has 1 unspecified atom stereocenters. The summed E-state index contributed by atoms with van der Waals surface area (Å²) in [5.41, 5.74) is -0.680. The molecule has 0 aromatic heterocycles. The van der Waals surface area contributed by atoms with Crippen molar-refractivity contribution in [1.29, 1.82) is 0 Å². The molecule has 33 heavy (non-hydrogen) atoms. The van der Waals surface area contributed by atoms with Gasteiger partial charge in [-0.15, -0.1) is 0 Å². The first-order valence-corrected chi connectivity index (χ1v) is 12.0. The van der Waals surface area contributed by atoms with Gasteiger partial charge < -0.3 is 15.7 Å². The maximum Gasteiger partial charge on any atom is 0.270 e. The molecule has 1 atom stereocenters. The molecule has 0 aliphatic heterocycles. The number of halogens is 1. The van der Waals surface area contributed by atoms with Crippen LogP contribution in [0.1, 0.15) is 31.9 Å². The van der Waals surface area contributed by atoms with Crippen LogP contribution < -0.4 is 21.5 Å². The van der Waals surface area contributed by atoms with Gasteiger partial charge in [0.05, 0.1) is 23.9 Å².